The first kappa shape index (κ1) is 16.2. The molecule has 22 heavy (non-hydrogen) atoms. The molecule has 2 N–H and O–H groups in total. The summed E-state index contributed by atoms with van der Waals surface area (Å²) in [5.41, 5.74) is 7.55. The van der Waals surface area contributed by atoms with Crippen molar-refractivity contribution in [1.29, 1.82) is 0 Å². The van der Waals surface area contributed by atoms with Crippen molar-refractivity contribution >= 4 is 5.91 Å². The number of para-hydroxylation sites is 1. The van der Waals surface area contributed by atoms with Gasteiger partial charge in [-0.1, -0.05) is 32.0 Å². The molecule has 0 saturated carbocycles. The lowest BCUT2D eigenvalue weighted by Crippen LogP contribution is -2.40. The molecule has 0 atom stereocenters. The number of aromatic nitrogens is 2. The second kappa shape index (κ2) is 6.75. The molecule has 5 heteroatoms. The van der Waals surface area contributed by atoms with Crippen LogP contribution in [-0.2, 0) is 11.2 Å². The fraction of sp³-hybridized carbons (Fsp3) is 0.412. The molecule has 1 heterocycles. The van der Waals surface area contributed by atoms with E-state index in [9.17, 15) is 4.79 Å². The van der Waals surface area contributed by atoms with E-state index in [0.717, 1.165) is 11.3 Å². The van der Waals surface area contributed by atoms with Crippen molar-refractivity contribution in [2.24, 2.45) is 11.1 Å². The van der Waals surface area contributed by atoms with E-state index in [4.69, 9.17) is 5.73 Å². The van der Waals surface area contributed by atoms with Crippen LogP contribution in [0.25, 0.3) is 5.69 Å². The third-order valence-electron chi connectivity index (χ3n) is 3.66. The number of rotatable bonds is 6. The fourth-order valence-electron chi connectivity index (χ4n) is 2.28. The van der Waals surface area contributed by atoms with Crippen LogP contribution in [0, 0.1) is 5.41 Å². The number of amides is 1. The zero-order valence-electron chi connectivity index (χ0n) is 13.5. The number of likely N-dealkylation sites (N-methyl/N-ethyl adjacent to an activating group) is 1. The molecule has 1 amide bonds. The first-order chi connectivity index (χ1) is 10.4. The summed E-state index contributed by atoms with van der Waals surface area (Å²) in [5, 5.41) is 4.32. The highest BCUT2D eigenvalue weighted by Gasteiger charge is 2.21. The summed E-state index contributed by atoms with van der Waals surface area (Å²) in [4.78, 5) is 14.0. The van der Waals surface area contributed by atoms with Gasteiger partial charge in [-0.05, 0) is 29.7 Å². The second-order valence-electron chi connectivity index (χ2n) is 6.42. The maximum absolute atomic E-state index is 12.3. The summed E-state index contributed by atoms with van der Waals surface area (Å²) >= 11 is 0. The van der Waals surface area contributed by atoms with Crippen LogP contribution in [0.3, 0.4) is 0 Å². The average Bonchev–Trinajstić information content (AvgIpc) is 2.96. The van der Waals surface area contributed by atoms with Gasteiger partial charge in [0, 0.05) is 19.8 Å². The van der Waals surface area contributed by atoms with Gasteiger partial charge in [-0.15, -0.1) is 0 Å². The minimum absolute atomic E-state index is 0.0708. The van der Waals surface area contributed by atoms with Crippen LogP contribution in [0.5, 0.6) is 0 Å². The molecular formula is C17H24N4O. The number of hydrogen-bond acceptors (Lipinski definition) is 3. The minimum Gasteiger partial charge on any atom is -0.345 e. The molecule has 0 radical (unpaired) electrons. The Kier molecular flexibility index (Phi) is 4.98. The zero-order valence-corrected chi connectivity index (χ0v) is 13.5. The Morgan fingerprint density at radius 1 is 1.32 bits per heavy atom. The molecule has 0 aliphatic carbocycles. The second-order valence-corrected chi connectivity index (χ2v) is 6.42. The van der Waals surface area contributed by atoms with Gasteiger partial charge in [-0.2, -0.15) is 5.10 Å². The van der Waals surface area contributed by atoms with Crippen LogP contribution >= 0.6 is 0 Å². The van der Waals surface area contributed by atoms with E-state index >= 15 is 0 Å². The minimum atomic E-state index is -0.0708. The zero-order chi connectivity index (χ0) is 16.2. The van der Waals surface area contributed by atoms with Crippen molar-refractivity contribution in [2.75, 3.05) is 20.1 Å². The van der Waals surface area contributed by atoms with Crippen molar-refractivity contribution < 1.29 is 4.79 Å². The number of nitrogens with two attached hydrogens (primary N) is 1. The third kappa shape index (κ3) is 4.18. The smallest absolute Gasteiger partial charge is 0.226 e. The van der Waals surface area contributed by atoms with Gasteiger partial charge >= 0.3 is 0 Å². The maximum Gasteiger partial charge on any atom is 0.226 e. The predicted octanol–water partition coefficient (Wildman–Crippen LogP) is 1.86. The largest absolute Gasteiger partial charge is 0.345 e. The molecule has 5 nitrogen and oxygen atoms in total. The summed E-state index contributed by atoms with van der Waals surface area (Å²) in [5.74, 6) is 0.0779. The molecule has 0 saturated heterocycles. The summed E-state index contributed by atoms with van der Waals surface area (Å²) in [6.07, 6.45) is 3.99. The lowest BCUT2D eigenvalue weighted by Gasteiger charge is -2.29. The molecule has 118 valence electrons. The van der Waals surface area contributed by atoms with Crippen molar-refractivity contribution in [3.05, 3.63) is 48.3 Å². The summed E-state index contributed by atoms with van der Waals surface area (Å²) in [7, 11) is 1.82. The fourth-order valence-corrected chi connectivity index (χ4v) is 2.28. The Labute approximate surface area is 131 Å². The molecule has 2 aromatic rings. The lowest BCUT2D eigenvalue weighted by atomic mass is 9.93. The molecule has 1 aromatic carbocycles. The Hall–Kier alpha value is -2.14. The maximum atomic E-state index is 12.3. The van der Waals surface area contributed by atoms with Crippen molar-refractivity contribution in [1.82, 2.24) is 14.7 Å². The number of carbonyl (C=O) groups is 1. The summed E-state index contributed by atoms with van der Waals surface area (Å²) in [6.45, 7) is 5.32. The molecule has 0 aliphatic rings. The van der Waals surface area contributed by atoms with Gasteiger partial charge in [0.05, 0.1) is 18.3 Å². The molecule has 0 unspecified atom stereocenters. The topological polar surface area (TPSA) is 64.2 Å². The number of carbonyl (C=O) groups excluding carboxylic acids is 1. The molecule has 0 spiro atoms. The first-order valence-corrected chi connectivity index (χ1v) is 7.44. The van der Waals surface area contributed by atoms with E-state index in [1.54, 1.807) is 15.8 Å². The van der Waals surface area contributed by atoms with Gasteiger partial charge in [0.15, 0.2) is 0 Å². The molecule has 0 aliphatic heterocycles. The molecule has 2 rings (SSSR count). The predicted molar refractivity (Wildman–Crippen MR) is 87.7 cm³/mol. The summed E-state index contributed by atoms with van der Waals surface area (Å²) < 4.78 is 1.78. The van der Waals surface area contributed by atoms with Gasteiger partial charge in [0.1, 0.15) is 0 Å². The average molecular weight is 300 g/mol. The van der Waals surface area contributed by atoms with Gasteiger partial charge in [0.25, 0.3) is 0 Å². The standard InChI is InChI=1S/C17H24N4O/c1-17(2,12-18)13-20(3)16(22)9-14-10-19-21(11-14)15-7-5-4-6-8-15/h4-8,10-11H,9,12-13,18H2,1-3H3. The van der Waals surface area contributed by atoms with Gasteiger partial charge in [-0.25, -0.2) is 4.68 Å². The normalized spacial score (nSPS) is 11.5. The van der Waals surface area contributed by atoms with Crippen LogP contribution in [0.2, 0.25) is 0 Å². The molecule has 0 bridgehead atoms. The van der Waals surface area contributed by atoms with E-state index in [0.29, 0.717) is 19.5 Å². The number of hydrogen-bond donors (Lipinski definition) is 1. The van der Waals surface area contributed by atoms with E-state index in [2.05, 4.69) is 18.9 Å². The molecule has 1 aromatic heterocycles. The van der Waals surface area contributed by atoms with Gasteiger partial charge < -0.3 is 10.6 Å². The highest BCUT2D eigenvalue weighted by Crippen LogP contribution is 2.15. The van der Waals surface area contributed by atoms with Crippen molar-refractivity contribution in [3.8, 4) is 5.69 Å². The Morgan fingerprint density at radius 2 is 2.00 bits per heavy atom. The van der Waals surface area contributed by atoms with Crippen molar-refractivity contribution in [3.63, 3.8) is 0 Å². The van der Waals surface area contributed by atoms with Crippen LogP contribution in [0.4, 0.5) is 0 Å². The summed E-state index contributed by atoms with van der Waals surface area (Å²) in [6, 6.07) is 9.85. The number of benzene rings is 1. The molecule has 0 fully saturated rings. The SMILES string of the molecule is CN(CC(C)(C)CN)C(=O)Cc1cnn(-c2ccccc2)c1. The van der Waals surface area contributed by atoms with Crippen molar-refractivity contribution in [2.45, 2.75) is 20.3 Å². The van der Waals surface area contributed by atoms with E-state index in [1.807, 2.05) is 43.6 Å². The van der Waals surface area contributed by atoms with E-state index in [1.165, 1.54) is 0 Å². The Bertz CT molecular complexity index is 619. The highest BCUT2D eigenvalue weighted by atomic mass is 16.2. The quantitative estimate of drug-likeness (QED) is 0.885. The van der Waals surface area contributed by atoms with Crippen LogP contribution in [0.1, 0.15) is 19.4 Å². The van der Waals surface area contributed by atoms with E-state index in [-0.39, 0.29) is 11.3 Å². The van der Waals surface area contributed by atoms with Gasteiger partial charge in [-0.3, -0.25) is 4.79 Å². The van der Waals surface area contributed by atoms with Crippen LogP contribution in [-0.4, -0.2) is 40.7 Å². The lowest BCUT2D eigenvalue weighted by molar-refractivity contribution is -0.130. The van der Waals surface area contributed by atoms with Gasteiger partial charge in [0.2, 0.25) is 5.91 Å². The Balaban J connectivity index is 1.99. The highest BCUT2D eigenvalue weighted by molar-refractivity contribution is 5.78. The molecular weight excluding hydrogens is 276 g/mol. The van der Waals surface area contributed by atoms with Crippen LogP contribution in [0.15, 0.2) is 42.7 Å². The monoisotopic (exact) mass is 300 g/mol. The number of nitrogens with zero attached hydrogens (tertiary/aromatic N) is 3. The van der Waals surface area contributed by atoms with Crippen LogP contribution < -0.4 is 5.73 Å². The third-order valence-corrected chi connectivity index (χ3v) is 3.66. The van der Waals surface area contributed by atoms with E-state index < -0.39 is 0 Å². The Morgan fingerprint density at radius 3 is 2.64 bits per heavy atom. The first-order valence-electron chi connectivity index (χ1n) is 7.44.